The summed E-state index contributed by atoms with van der Waals surface area (Å²) in [7, 11) is 3.83. The number of hydrogen-bond acceptors (Lipinski definition) is 2. The lowest BCUT2D eigenvalue weighted by Gasteiger charge is -2.33. The molecule has 206 valence electrons. The molecule has 3 heteroatoms. The highest BCUT2D eigenvalue weighted by molar-refractivity contribution is 5.38. The van der Waals surface area contributed by atoms with E-state index >= 15 is 0 Å². The summed E-state index contributed by atoms with van der Waals surface area (Å²) >= 11 is 0. The van der Waals surface area contributed by atoms with Crippen molar-refractivity contribution in [2.24, 2.45) is 11.8 Å². The van der Waals surface area contributed by atoms with E-state index in [1.807, 2.05) is 18.3 Å². The summed E-state index contributed by atoms with van der Waals surface area (Å²) in [6.45, 7) is 12.8. The van der Waals surface area contributed by atoms with Gasteiger partial charge in [0.25, 0.3) is 0 Å². The van der Waals surface area contributed by atoms with E-state index in [0.29, 0.717) is 6.42 Å². The first kappa shape index (κ1) is 31.1. The van der Waals surface area contributed by atoms with Crippen LogP contribution >= 0.6 is 0 Å². The quantitative estimate of drug-likeness (QED) is 0.235. The molecule has 3 atom stereocenters. The van der Waals surface area contributed by atoms with Gasteiger partial charge < -0.3 is 9.64 Å². The van der Waals surface area contributed by atoms with Gasteiger partial charge in [-0.2, -0.15) is 0 Å². The van der Waals surface area contributed by atoms with Crippen LogP contribution in [0, 0.1) is 17.7 Å². The fourth-order valence-electron chi connectivity index (χ4n) is 5.73. The SMILES string of the molecule is C=CN(C)CCCCC(C)(CCCCOC)c1ccccc1Cc1ccccc1F.C[C@@H]1CC[C@H](C)C1. The molecule has 0 aromatic heterocycles. The standard InChI is InChI=1S/C27H38FNO.C7H14/c1-5-29(3)20-12-10-18-27(2,19-11-13-21-30-4)25-16-8-6-14-23(25)22-24-15-7-9-17-26(24)28;1-6-3-4-7(2)5-6/h5-9,14-17H,1,10-13,18-22H2,2-4H3;6-7H,3-5H2,1-2H3/t;6-,7+. The van der Waals surface area contributed by atoms with E-state index in [9.17, 15) is 4.39 Å². The van der Waals surface area contributed by atoms with Gasteiger partial charge in [0.05, 0.1) is 0 Å². The number of rotatable bonds is 14. The fourth-order valence-corrected chi connectivity index (χ4v) is 5.73. The van der Waals surface area contributed by atoms with E-state index in [2.05, 4.69) is 63.6 Å². The summed E-state index contributed by atoms with van der Waals surface area (Å²) in [5, 5.41) is 0. The minimum absolute atomic E-state index is 0.0718. The van der Waals surface area contributed by atoms with Crippen LogP contribution in [-0.4, -0.2) is 32.2 Å². The van der Waals surface area contributed by atoms with E-state index < -0.39 is 0 Å². The van der Waals surface area contributed by atoms with Gasteiger partial charge in [0.2, 0.25) is 0 Å². The van der Waals surface area contributed by atoms with Crippen molar-refractivity contribution in [1.82, 2.24) is 4.90 Å². The highest BCUT2D eigenvalue weighted by atomic mass is 19.1. The van der Waals surface area contributed by atoms with Crippen LogP contribution in [0.4, 0.5) is 4.39 Å². The molecule has 1 aliphatic rings. The third-order valence-electron chi connectivity index (χ3n) is 8.09. The van der Waals surface area contributed by atoms with Gasteiger partial charge in [0.15, 0.2) is 0 Å². The molecule has 1 unspecified atom stereocenters. The smallest absolute Gasteiger partial charge is 0.126 e. The number of ether oxygens (including phenoxy) is 1. The molecule has 0 aliphatic heterocycles. The van der Waals surface area contributed by atoms with Crippen molar-refractivity contribution in [3.05, 3.63) is 83.8 Å². The molecular weight excluding hydrogens is 457 g/mol. The topological polar surface area (TPSA) is 12.5 Å². The van der Waals surface area contributed by atoms with Crippen LogP contribution in [-0.2, 0) is 16.6 Å². The number of unbranched alkanes of at least 4 members (excludes halogenated alkanes) is 2. The van der Waals surface area contributed by atoms with Crippen LogP contribution < -0.4 is 0 Å². The second kappa shape index (κ2) is 16.7. The summed E-state index contributed by atoms with van der Waals surface area (Å²) < 4.78 is 19.6. The first-order valence-electron chi connectivity index (χ1n) is 14.4. The molecule has 1 fully saturated rings. The molecule has 0 amide bonds. The van der Waals surface area contributed by atoms with Gasteiger partial charge >= 0.3 is 0 Å². The van der Waals surface area contributed by atoms with Crippen molar-refractivity contribution in [2.45, 2.75) is 90.4 Å². The number of methoxy groups -OCH3 is 1. The molecule has 2 nitrogen and oxygen atoms in total. The Morgan fingerprint density at radius 2 is 1.54 bits per heavy atom. The Kier molecular flexibility index (Phi) is 14.0. The summed E-state index contributed by atoms with van der Waals surface area (Å²) in [6, 6.07) is 15.7. The van der Waals surface area contributed by atoms with Crippen molar-refractivity contribution in [3.63, 3.8) is 0 Å². The second-order valence-electron chi connectivity index (χ2n) is 11.6. The molecule has 3 rings (SSSR count). The van der Waals surface area contributed by atoms with Gasteiger partial charge in [-0.05, 0) is 78.3 Å². The molecule has 2 aromatic carbocycles. The van der Waals surface area contributed by atoms with Gasteiger partial charge in [-0.1, -0.05) is 95.5 Å². The highest BCUT2D eigenvalue weighted by Gasteiger charge is 2.28. The zero-order valence-corrected chi connectivity index (χ0v) is 24.3. The second-order valence-corrected chi connectivity index (χ2v) is 11.6. The van der Waals surface area contributed by atoms with Crippen LogP contribution in [0.3, 0.4) is 0 Å². The third kappa shape index (κ3) is 11.0. The highest BCUT2D eigenvalue weighted by Crippen LogP contribution is 2.38. The maximum atomic E-state index is 14.3. The minimum atomic E-state index is -0.124. The lowest BCUT2D eigenvalue weighted by atomic mass is 9.72. The molecule has 0 N–H and O–H groups in total. The lowest BCUT2D eigenvalue weighted by Crippen LogP contribution is -2.25. The zero-order valence-electron chi connectivity index (χ0n) is 24.3. The van der Waals surface area contributed by atoms with Gasteiger partial charge in [-0.15, -0.1) is 0 Å². The van der Waals surface area contributed by atoms with E-state index in [4.69, 9.17) is 4.74 Å². The Bertz CT molecular complexity index is 904. The molecule has 0 radical (unpaired) electrons. The van der Waals surface area contributed by atoms with Gasteiger partial charge in [-0.3, -0.25) is 0 Å². The minimum Gasteiger partial charge on any atom is -0.385 e. The average Bonchev–Trinajstić information content (AvgIpc) is 3.28. The Balaban J connectivity index is 0.000000591. The molecule has 0 heterocycles. The van der Waals surface area contributed by atoms with Crippen molar-refractivity contribution >= 4 is 0 Å². The summed E-state index contributed by atoms with van der Waals surface area (Å²) in [6.07, 6.45) is 13.7. The van der Waals surface area contributed by atoms with Crippen LogP contribution in [0.5, 0.6) is 0 Å². The Labute approximate surface area is 227 Å². The molecule has 2 aromatic rings. The van der Waals surface area contributed by atoms with E-state index in [0.717, 1.165) is 69.1 Å². The Morgan fingerprint density at radius 1 is 0.946 bits per heavy atom. The summed E-state index contributed by atoms with van der Waals surface area (Å²) in [5.41, 5.74) is 3.43. The molecule has 37 heavy (non-hydrogen) atoms. The molecular formula is C34H52FNO. The van der Waals surface area contributed by atoms with Gasteiger partial charge in [-0.25, -0.2) is 4.39 Å². The molecule has 0 bridgehead atoms. The molecule has 1 saturated carbocycles. The molecule has 0 spiro atoms. The first-order chi connectivity index (χ1) is 17.8. The Hall–Kier alpha value is -2.13. The van der Waals surface area contributed by atoms with E-state index in [-0.39, 0.29) is 11.2 Å². The predicted octanol–water partition coefficient (Wildman–Crippen LogP) is 9.18. The number of halogens is 1. The average molecular weight is 510 g/mol. The van der Waals surface area contributed by atoms with E-state index in [1.54, 1.807) is 19.2 Å². The van der Waals surface area contributed by atoms with Crippen molar-refractivity contribution < 1.29 is 9.13 Å². The van der Waals surface area contributed by atoms with Crippen LogP contribution in [0.1, 0.15) is 95.2 Å². The Morgan fingerprint density at radius 3 is 2.11 bits per heavy atom. The third-order valence-corrected chi connectivity index (χ3v) is 8.09. The summed E-state index contributed by atoms with van der Waals surface area (Å²) in [5.74, 6) is 1.92. The number of nitrogens with zero attached hydrogens (tertiary/aromatic N) is 1. The van der Waals surface area contributed by atoms with Gasteiger partial charge in [0, 0.05) is 33.7 Å². The number of benzene rings is 2. The maximum absolute atomic E-state index is 14.3. The van der Waals surface area contributed by atoms with Crippen LogP contribution in [0.15, 0.2) is 61.3 Å². The predicted molar refractivity (Wildman–Crippen MR) is 158 cm³/mol. The van der Waals surface area contributed by atoms with E-state index in [1.165, 1.54) is 30.4 Å². The van der Waals surface area contributed by atoms with Crippen LogP contribution in [0.25, 0.3) is 0 Å². The largest absolute Gasteiger partial charge is 0.385 e. The summed E-state index contributed by atoms with van der Waals surface area (Å²) in [4.78, 5) is 2.14. The van der Waals surface area contributed by atoms with Gasteiger partial charge in [0.1, 0.15) is 5.82 Å². The molecule has 0 saturated heterocycles. The lowest BCUT2D eigenvalue weighted by molar-refractivity contribution is 0.188. The van der Waals surface area contributed by atoms with Crippen LogP contribution in [0.2, 0.25) is 0 Å². The molecule has 1 aliphatic carbocycles. The first-order valence-corrected chi connectivity index (χ1v) is 14.4. The van der Waals surface area contributed by atoms with Crippen molar-refractivity contribution in [1.29, 1.82) is 0 Å². The zero-order chi connectivity index (χ0) is 27.1. The monoisotopic (exact) mass is 509 g/mol. The maximum Gasteiger partial charge on any atom is 0.126 e. The van der Waals surface area contributed by atoms with Crippen molar-refractivity contribution in [3.8, 4) is 0 Å². The number of hydrogen-bond donors (Lipinski definition) is 0. The van der Waals surface area contributed by atoms with Crippen molar-refractivity contribution in [2.75, 3.05) is 27.3 Å². The fraction of sp³-hybridized carbons (Fsp3) is 0.588. The normalized spacial score (nSPS) is 18.5.